The van der Waals surface area contributed by atoms with Crippen molar-refractivity contribution < 1.29 is 18.6 Å². The average Bonchev–Trinajstić information content (AvgIpc) is 3.17. The summed E-state index contributed by atoms with van der Waals surface area (Å²) in [5.74, 6) is 0.246. The van der Waals surface area contributed by atoms with Crippen LogP contribution < -0.4 is 0 Å². The zero-order chi connectivity index (χ0) is 20.3. The number of ether oxygens (including phenoxy) is 1. The topological polar surface area (TPSA) is 44.8 Å². The third-order valence-electron chi connectivity index (χ3n) is 5.19. The molecule has 0 bridgehead atoms. The van der Waals surface area contributed by atoms with Crippen LogP contribution in [0.15, 0.2) is 12.2 Å². The van der Waals surface area contributed by atoms with E-state index in [0.717, 1.165) is 19.0 Å². The van der Waals surface area contributed by atoms with Crippen LogP contribution in [-0.2, 0) is 18.6 Å². The molecule has 1 aliphatic rings. The van der Waals surface area contributed by atoms with E-state index in [2.05, 4.69) is 19.1 Å². The lowest BCUT2D eigenvalue weighted by Crippen LogP contribution is -2.15. The molecule has 0 aromatic carbocycles. The average molecular weight is 415 g/mol. The van der Waals surface area contributed by atoms with Crippen molar-refractivity contribution >= 4 is 14.3 Å². The van der Waals surface area contributed by atoms with Crippen molar-refractivity contribution in [3.63, 3.8) is 0 Å². The van der Waals surface area contributed by atoms with Crippen LogP contribution in [0.2, 0.25) is 0 Å². The predicted octanol–water partition coefficient (Wildman–Crippen LogP) is 7.17. The normalized spacial score (nSPS) is 19.5. The van der Waals surface area contributed by atoms with Gasteiger partial charge in [-0.2, -0.15) is 0 Å². The van der Waals surface area contributed by atoms with Gasteiger partial charge in [-0.15, -0.1) is 0 Å². The molecular formula is C23H43O4P. The van der Waals surface area contributed by atoms with E-state index in [9.17, 15) is 4.79 Å². The van der Waals surface area contributed by atoms with Gasteiger partial charge < -0.3 is 13.8 Å². The van der Waals surface area contributed by atoms with Gasteiger partial charge in [0.25, 0.3) is 0 Å². The second kappa shape index (κ2) is 18.6. The fourth-order valence-corrected chi connectivity index (χ4v) is 4.73. The molecule has 0 aromatic heterocycles. The molecule has 0 spiro atoms. The number of unbranched alkanes of at least 4 members (excludes halogenated alkanes) is 11. The molecule has 1 rings (SSSR count). The van der Waals surface area contributed by atoms with Gasteiger partial charge in [0.1, 0.15) is 0 Å². The molecule has 1 saturated heterocycles. The van der Waals surface area contributed by atoms with Gasteiger partial charge in [-0.1, -0.05) is 70.4 Å². The van der Waals surface area contributed by atoms with E-state index in [4.69, 9.17) is 13.8 Å². The van der Waals surface area contributed by atoms with Gasteiger partial charge in [0.05, 0.1) is 13.2 Å². The summed E-state index contributed by atoms with van der Waals surface area (Å²) in [6.45, 7) is 3.40. The first-order chi connectivity index (χ1) is 13.8. The number of carbonyl (C=O) groups is 1. The van der Waals surface area contributed by atoms with Crippen molar-refractivity contribution in [2.75, 3.05) is 26.5 Å². The minimum absolute atomic E-state index is 0.0636. The Morgan fingerprint density at radius 1 is 0.964 bits per heavy atom. The first-order valence-electron chi connectivity index (χ1n) is 11.5. The Balaban J connectivity index is 1.80. The van der Waals surface area contributed by atoms with Crippen molar-refractivity contribution in [3.8, 4) is 0 Å². The van der Waals surface area contributed by atoms with Crippen LogP contribution in [0.4, 0.5) is 0 Å². The molecule has 0 radical (unpaired) electrons. The number of rotatable bonds is 18. The van der Waals surface area contributed by atoms with E-state index in [1.54, 1.807) is 7.11 Å². The lowest BCUT2D eigenvalue weighted by atomic mass is 10.1. The molecule has 2 atom stereocenters. The lowest BCUT2D eigenvalue weighted by molar-refractivity contribution is -0.145. The van der Waals surface area contributed by atoms with E-state index >= 15 is 0 Å². The van der Waals surface area contributed by atoms with E-state index < -0.39 is 8.38 Å². The van der Waals surface area contributed by atoms with Gasteiger partial charge in [0.2, 0.25) is 0 Å². The highest BCUT2D eigenvalue weighted by Gasteiger charge is 2.27. The smallest absolute Gasteiger partial charge is 0.305 e. The van der Waals surface area contributed by atoms with Crippen LogP contribution >= 0.6 is 8.38 Å². The third-order valence-corrected chi connectivity index (χ3v) is 6.85. The van der Waals surface area contributed by atoms with Crippen LogP contribution in [0, 0.1) is 5.92 Å². The molecule has 164 valence electrons. The van der Waals surface area contributed by atoms with Crippen molar-refractivity contribution in [3.05, 3.63) is 12.2 Å². The number of carbonyl (C=O) groups excluding carboxylic acids is 1. The number of hydrogen-bond donors (Lipinski definition) is 0. The summed E-state index contributed by atoms with van der Waals surface area (Å²) in [6, 6.07) is 0. The van der Waals surface area contributed by atoms with Crippen LogP contribution in [0.5, 0.6) is 0 Å². The minimum Gasteiger partial charge on any atom is -0.465 e. The summed E-state index contributed by atoms with van der Waals surface area (Å²) in [6.07, 6.45) is 22.7. The van der Waals surface area contributed by atoms with Crippen LogP contribution in [0.1, 0.15) is 96.8 Å². The van der Waals surface area contributed by atoms with Crippen molar-refractivity contribution in [1.82, 2.24) is 0 Å². The third kappa shape index (κ3) is 14.5. The first kappa shape index (κ1) is 25.6. The summed E-state index contributed by atoms with van der Waals surface area (Å²) in [4.78, 5) is 11.8. The summed E-state index contributed by atoms with van der Waals surface area (Å²) in [5.41, 5.74) is 0. The van der Waals surface area contributed by atoms with Crippen LogP contribution in [-0.4, -0.2) is 32.5 Å². The van der Waals surface area contributed by atoms with Crippen molar-refractivity contribution in [2.45, 2.75) is 96.8 Å². The number of allylic oxidation sites excluding steroid dienone is 2. The fraction of sp³-hybridized carbons (Fsp3) is 0.870. The Morgan fingerprint density at radius 3 is 2.18 bits per heavy atom. The Hall–Kier alpha value is -0.440. The zero-order valence-corrected chi connectivity index (χ0v) is 19.2. The Bertz CT molecular complexity index is 400. The van der Waals surface area contributed by atoms with Gasteiger partial charge in [0, 0.05) is 25.6 Å². The zero-order valence-electron chi connectivity index (χ0n) is 18.3. The fourth-order valence-electron chi connectivity index (χ4n) is 3.36. The number of esters is 1. The maximum Gasteiger partial charge on any atom is 0.305 e. The highest BCUT2D eigenvalue weighted by Crippen LogP contribution is 2.45. The minimum atomic E-state index is -0.738. The molecular weight excluding hydrogens is 371 g/mol. The highest BCUT2D eigenvalue weighted by molar-refractivity contribution is 7.47. The Kier molecular flexibility index (Phi) is 17.0. The van der Waals surface area contributed by atoms with Crippen molar-refractivity contribution in [2.24, 2.45) is 5.92 Å². The summed E-state index contributed by atoms with van der Waals surface area (Å²) >= 11 is 0. The molecule has 1 fully saturated rings. The highest BCUT2D eigenvalue weighted by atomic mass is 31.2. The standard InChI is InChI=1S/C23H43O4P/c1-3-4-5-6-7-8-9-10-11-12-13-14-15-16-17-18-23(24)26-19-22-20-27-28(21-22)25-2/h10-11,22H,3-9,12-21H2,1-2H3/b11-10-. The van der Waals surface area contributed by atoms with Gasteiger partial charge in [-0.3, -0.25) is 4.79 Å². The molecule has 4 nitrogen and oxygen atoms in total. The maximum absolute atomic E-state index is 11.8. The monoisotopic (exact) mass is 414 g/mol. The Labute approximate surface area is 174 Å². The molecule has 0 N–H and O–H groups in total. The maximum atomic E-state index is 11.8. The van der Waals surface area contributed by atoms with E-state index in [1.807, 2.05) is 0 Å². The quantitative estimate of drug-likeness (QED) is 0.103. The second-order valence-electron chi connectivity index (χ2n) is 7.88. The Morgan fingerprint density at radius 2 is 1.57 bits per heavy atom. The molecule has 28 heavy (non-hydrogen) atoms. The van der Waals surface area contributed by atoms with Gasteiger partial charge in [-0.25, -0.2) is 0 Å². The van der Waals surface area contributed by atoms with Crippen LogP contribution in [0.25, 0.3) is 0 Å². The summed E-state index contributed by atoms with van der Waals surface area (Å²) in [7, 11) is 0.935. The summed E-state index contributed by atoms with van der Waals surface area (Å²) < 4.78 is 16.1. The molecule has 2 unspecified atom stereocenters. The number of hydrogen-bond acceptors (Lipinski definition) is 4. The SMILES string of the molecule is CCCCCCCC/C=C\CCCCCCCC(=O)OCC1COP(OC)C1. The van der Waals surface area contributed by atoms with E-state index in [0.29, 0.717) is 25.6 Å². The van der Waals surface area contributed by atoms with Crippen molar-refractivity contribution in [1.29, 1.82) is 0 Å². The molecule has 5 heteroatoms. The molecule has 0 aliphatic carbocycles. The molecule has 0 saturated carbocycles. The largest absolute Gasteiger partial charge is 0.465 e. The first-order valence-corrected chi connectivity index (χ1v) is 12.9. The van der Waals surface area contributed by atoms with E-state index in [-0.39, 0.29) is 5.97 Å². The lowest BCUT2D eigenvalue weighted by Gasteiger charge is -2.09. The molecule has 1 aliphatic heterocycles. The van der Waals surface area contributed by atoms with Crippen LogP contribution in [0.3, 0.4) is 0 Å². The summed E-state index contributed by atoms with van der Waals surface area (Å²) in [5, 5.41) is 0. The predicted molar refractivity (Wildman–Crippen MR) is 119 cm³/mol. The van der Waals surface area contributed by atoms with Gasteiger partial charge >= 0.3 is 5.97 Å². The molecule has 0 aromatic rings. The van der Waals surface area contributed by atoms with E-state index in [1.165, 1.54) is 70.6 Å². The van der Waals surface area contributed by atoms with Gasteiger partial charge in [-0.05, 0) is 32.1 Å². The second-order valence-corrected chi connectivity index (χ2v) is 9.53. The van der Waals surface area contributed by atoms with Gasteiger partial charge in [0.15, 0.2) is 8.38 Å². The molecule has 1 heterocycles. The molecule has 0 amide bonds.